The first-order valence-electron chi connectivity index (χ1n) is 12.1. The molecule has 0 aromatic heterocycles. The summed E-state index contributed by atoms with van der Waals surface area (Å²) in [5.74, 6) is 2.45. The second-order valence-corrected chi connectivity index (χ2v) is 11.7. The summed E-state index contributed by atoms with van der Waals surface area (Å²) in [6.07, 6.45) is 7.12. The predicted octanol–water partition coefficient (Wildman–Crippen LogP) is 3.95. The average molecular weight is 407 g/mol. The monoisotopic (exact) mass is 406 g/mol. The van der Waals surface area contributed by atoms with Crippen molar-refractivity contribution in [3.63, 3.8) is 0 Å². The van der Waals surface area contributed by atoms with Gasteiger partial charge in [0.25, 0.3) is 0 Å². The van der Waals surface area contributed by atoms with Gasteiger partial charge in [0.15, 0.2) is 0 Å². The Morgan fingerprint density at radius 3 is 2.45 bits per heavy atom. The van der Waals surface area contributed by atoms with Crippen molar-refractivity contribution in [2.24, 2.45) is 46.3 Å². The molecule has 166 valence electrons. The zero-order valence-corrected chi connectivity index (χ0v) is 18.8. The van der Waals surface area contributed by atoms with Gasteiger partial charge in [-0.2, -0.15) is 0 Å². The molecule has 11 atom stereocenters. The zero-order chi connectivity index (χ0) is 21.1. The van der Waals surface area contributed by atoms with E-state index in [0.717, 1.165) is 51.4 Å². The Hall–Kier alpha value is -0.450. The minimum atomic E-state index is -0.337. The van der Waals surface area contributed by atoms with Crippen LogP contribution in [-0.4, -0.2) is 39.4 Å². The van der Waals surface area contributed by atoms with Crippen LogP contribution in [0.2, 0.25) is 0 Å². The molecule has 4 saturated carbocycles. The molecule has 4 nitrogen and oxygen atoms in total. The Bertz CT molecular complexity index is 634. The first kappa shape index (κ1) is 21.8. The molecule has 0 aromatic rings. The van der Waals surface area contributed by atoms with Crippen LogP contribution >= 0.6 is 0 Å². The molecule has 0 bridgehead atoms. The Morgan fingerprint density at radius 1 is 1.03 bits per heavy atom. The summed E-state index contributed by atoms with van der Waals surface area (Å²) in [6.45, 7) is 8.59. The van der Waals surface area contributed by atoms with Crippen molar-refractivity contribution in [1.29, 1.82) is 0 Å². The highest BCUT2D eigenvalue weighted by molar-refractivity contribution is 5.75. The molecule has 4 fully saturated rings. The van der Waals surface area contributed by atoms with Crippen molar-refractivity contribution in [2.45, 2.75) is 104 Å². The van der Waals surface area contributed by atoms with Crippen molar-refractivity contribution in [1.82, 2.24) is 0 Å². The molecule has 4 rings (SSSR count). The highest BCUT2D eigenvalue weighted by Crippen LogP contribution is 2.68. The molecular formula is C25H42O4. The number of rotatable bonds is 4. The number of Topliss-reactive ketones (excluding diaryl/α,β-unsaturated/α-hetero) is 1. The van der Waals surface area contributed by atoms with Crippen LogP contribution in [-0.2, 0) is 4.79 Å². The molecule has 2 unspecified atom stereocenters. The smallest absolute Gasteiger partial charge is 0.129 e. The fourth-order valence-electron chi connectivity index (χ4n) is 8.76. The Kier molecular flexibility index (Phi) is 5.71. The molecule has 29 heavy (non-hydrogen) atoms. The Morgan fingerprint density at radius 2 is 1.76 bits per heavy atom. The summed E-state index contributed by atoms with van der Waals surface area (Å²) in [4.78, 5) is 11.5. The van der Waals surface area contributed by atoms with Gasteiger partial charge >= 0.3 is 0 Å². The second kappa shape index (κ2) is 7.60. The Balaban J connectivity index is 1.61. The van der Waals surface area contributed by atoms with E-state index in [4.69, 9.17) is 0 Å². The van der Waals surface area contributed by atoms with E-state index >= 15 is 0 Å². The number of carbonyl (C=O) groups is 1. The number of aliphatic hydroxyl groups is 3. The van der Waals surface area contributed by atoms with Crippen LogP contribution in [0.3, 0.4) is 0 Å². The van der Waals surface area contributed by atoms with Gasteiger partial charge in [-0.15, -0.1) is 0 Å². The third kappa shape index (κ3) is 3.32. The second-order valence-electron chi connectivity index (χ2n) is 11.7. The number of hydrogen-bond acceptors (Lipinski definition) is 4. The normalized spacial score (nSPS) is 52.9. The van der Waals surface area contributed by atoms with Crippen LogP contribution in [0.1, 0.15) is 85.5 Å². The fraction of sp³-hybridized carbons (Fsp3) is 0.960. The lowest BCUT2D eigenvalue weighted by Gasteiger charge is -2.63. The van der Waals surface area contributed by atoms with Crippen LogP contribution in [0.4, 0.5) is 0 Å². The van der Waals surface area contributed by atoms with Gasteiger partial charge in [-0.05, 0) is 105 Å². The zero-order valence-electron chi connectivity index (χ0n) is 18.8. The molecule has 4 heteroatoms. The summed E-state index contributed by atoms with van der Waals surface area (Å²) in [6, 6.07) is 0. The van der Waals surface area contributed by atoms with Crippen molar-refractivity contribution < 1.29 is 20.1 Å². The summed E-state index contributed by atoms with van der Waals surface area (Å²) in [5, 5.41) is 33.0. The first-order chi connectivity index (χ1) is 13.6. The fourth-order valence-corrected chi connectivity index (χ4v) is 8.76. The first-order valence-corrected chi connectivity index (χ1v) is 12.1. The van der Waals surface area contributed by atoms with Gasteiger partial charge in [0.1, 0.15) is 5.78 Å². The molecule has 0 saturated heterocycles. The van der Waals surface area contributed by atoms with E-state index < -0.39 is 0 Å². The van der Waals surface area contributed by atoms with Crippen LogP contribution < -0.4 is 0 Å². The van der Waals surface area contributed by atoms with Gasteiger partial charge in [0, 0.05) is 6.42 Å². The summed E-state index contributed by atoms with van der Waals surface area (Å²) in [7, 11) is 0. The lowest BCUT2D eigenvalue weighted by Crippen LogP contribution is -2.62. The van der Waals surface area contributed by atoms with Gasteiger partial charge in [-0.3, -0.25) is 0 Å². The SMILES string of the molecule is CC(=O)CCC(C)C1CC[C@H]2[C@@H]3[C@H](O)C[C@@H]4C[C@H](O)CC[C@]4(C)[C@H]3C[C@H](O)[C@]12C. The van der Waals surface area contributed by atoms with E-state index in [1.165, 1.54) is 0 Å². The molecule has 4 aliphatic rings. The molecule has 0 amide bonds. The Labute approximate surface area is 176 Å². The third-order valence-electron chi connectivity index (χ3n) is 10.5. The number of hydrogen-bond donors (Lipinski definition) is 3. The molecule has 0 heterocycles. The van der Waals surface area contributed by atoms with Gasteiger partial charge in [0.05, 0.1) is 18.3 Å². The lowest BCUT2D eigenvalue weighted by molar-refractivity contribution is -0.207. The molecular weight excluding hydrogens is 364 g/mol. The predicted molar refractivity (Wildman–Crippen MR) is 113 cm³/mol. The van der Waals surface area contributed by atoms with E-state index in [9.17, 15) is 20.1 Å². The standard InChI is InChI=1S/C25H42O4/c1-14(5-6-15(2)26)18-7-8-19-23-20(13-22(29)25(18,19)4)24(3)10-9-17(27)11-16(24)12-21(23)28/h14,16-23,27-29H,5-13H2,1-4H3/t14?,16-,17+,18?,19-,20-,21+,22-,23-,24-,25+/m0/s1. The van der Waals surface area contributed by atoms with E-state index in [0.29, 0.717) is 36.0 Å². The maximum absolute atomic E-state index is 11.5. The van der Waals surface area contributed by atoms with Crippen LogP contribution in [0.15, 0.2) is 0 Å². The summed E-state index contributed by atoms with van der Waals surface area (Å²) in [5.41, 5.74) is -0.0283. The number of ketones is 1. The van der Waals surface area contributed by atoms with Gasteiger partial charge in [0.2, 0.25) is 0 Å². The van der Waals surface area contributed by atoms with Crippen molar-refractivity contribution in [2.75, 3.05) is 0 Å². The molecule has 4 aliphatic carbocycles. The van der Waals surface area contributed by atoms with E-state index in [-0.39, 0.29) is 40.8 Å². The van der Waals surface area contributed by atoms with Gasteiger partial charge in [-0.25, -0.2) is 0 Å². The average Bonchev–Trinajstić information content (AvgIpc) is 3.01. The molecule has 0 spiro atoms. The maximum atomic E-state index is 11.5. The van der Waals surface area contributed by atoms with E-state index in [2.05, 4.69) is 20.8 Å². The maximum Gasteiger partial charge on any atom is 0.129 e. The quantitative estimate of drug-likeness (QED) is 0.660. The summed E-state index contributed by atoms with van der Waals surface area (Å²) >= 11 is 0. The van der Waals surface area contributed by atoms with Gasteiger partial charge < -0.3 is 20.1 Å². The largest absolute Gasteiger partial charge is 0.393 e. The lowest BCUT2D eigenvalue weighted by atomic mass is 9.43. The molecule has 0 aliphatic heterocycles. The van der Waals surface area contributed by atoms with Crippen LogP contribution in [0.5, 0.6) is 0 Å². The molecule has 0 radical (unpaired) electrons. The van der Waals surface area contributed by atoms with Gasteiger partial charge in [-0.1, -0.05) is 20.8 Å². The number of aliphatic hydroxyl groups excluding tert-OH is 3. The van der Waals surface area contributed by atoms with E-state index in [1.807, 2.05) is 0 Å². The van der Waals surface area contributed by atoms with E-state index in [1.54, 1.807) is 6.92 Å². The number of carbonyl (C=O) groups excluding carboxylic acids is 1. The highest BCUT2D eigenvalue weighted by atomic mass is 16.3. The highest BCUT2D eigenvalue weighted by Gasteiger charge is 2.65. The number of fused-ring (bicyclic) bond motifs is 5. The molecule has 0 aromatic carbocycles. The van der Waals surface area contributed by atoms with Crippen LogP contribution in [0.25, 0.3) is 0 Å². The topological polar surface area (TPSA) is 77.8 Å². The van der Waals surface area contributed by atoms with Crippen molar-refractivity contribution >= 4 is 5.78 Å². The molecule has 3 N–H and O–H groups in total. The minimum Gasteiger partial charge on any atom is -0.393 e. The third-order valence-corrected chi connectivity index (χ3v) is 10.5. The van der Waals surface area contributed by atoms with Crippen LogP contribution in [0, 0.1) is 46.3 Å². The van der Waals surface area contributed by atoms with Crippen molar-refractivity contribution in [3.8, 4) is 0 Å². The minimum absolute atomic E-state index is 0.129. The summed E-state index contributed by atoms with van der Waals surface area (Å²) < 4.78 is 0. The van der Waals surface area contributed by atoms with Crippen molar-refractivity contribution in [3.05, 3.63) is 0 Å².